The molecule has 0 heterocycles. The predicted molar refractivity (Wildman–Crippen MR) is 74.7 cm³/mol. The maximum Gasteiger partial charge on any atom is 0.147 e. The summed E-state index contributed by atoms with van der Waals surface area (Å²) in [5.41, 5.74) is 0.821. The Hall–Kier alpha value is -0.460. The van der Waals surface area contributed by atoms with Crippen molar-refractivity contribution in [1.82, 2.24) is 5.32 Å². The molecule has 0 saturated heterocycles. The minimum atomic E-state index is -2.93. The highest BCUT2D eigenvalue weighted by Crippen LogP contribution is 2.17. The lowest BCUT2D eigenvalue weighted by molar-refractivity contribution is 0.525. The molecule has 0 fully saturated rings. The van der Waals surface area contributed by atoms with Crippen LogP contribution in [0, 0.1) is 5.82 Å². The van der Waals surface area contributed by atoms with Crippen LogP contribution in [0.15, 0.2) is 22.7 Å². The number of hydrogen-bond acceptors (Lipinski definition) is 3. The number of benzene rings is 1. The molecule has 0 aliphatic heterocycles. The van der Waals surface area contributed by atoms with Gasteiger partial charge in [0.05, 0.1) is 5.75 Å². The standard InChI is InChI=1S/C12H17BrFNO2S/c1-9(5-6-18(2,16)17)15-8-10-7-11(14)3-4-12(10)13/h3-4,7,9,15H,5-6,8H2,1-2H3/t9-/m0/s1. The van der Waals surface area contributed by atoms with Crippen molar-refractivity contribution in [2.75, 3.05) is 12.0 Å². The minimum absolute atomic E-state index is 0.0647. The third kappa shape index (κ3) is 5.93. The summed E-state index contributed by atoms with van der Waals surface area (Å²) in [7, 11) is -2.93. The van der Waals surface area contributed by atoms with Crippen LogP contribution >= 0.6 is 15.9 Å². The van der Waals surface area contributed by atoms with Crippen LogP contribution in [0.25, 0.3) is 0 Å². The maximum atomic E-state index is 13.0. The van der Waals surface area contributed by atoms with Gasteiger partial charge in [-0.15, -0.1) is 0 Å². The Morgan fingerprint density at radius 1 is 1.44 bits per heavy atom. The van der Waals surface area contributed by atoms with E-state index in [2.05, 4.69) is 21.2 Å². The Morgan fingerprint density at radius 3 is 2.72 bits per heavy atom. The lowest BCUT2D eigenvalue weighted by Gasteiger charge is -2.14. The van der Waals surface area contributed by atoms with E-state index >= 15 is 0 Å². The smallest absolute Gasteiger partial charge is 0.147 e. The van der Waals surface area contributed by atoms with Gasteiger partial charge < -0.3 is 5.32 Å². The van der Waals surface area contributed by atoms with Gasteiger partial charge >= 0.3 is 0 Å². The molecule has 3 nitrogen and oxygen atoms in total. The maximum absolute atomic E-state index is 13.0. The first-order valence-electron chi connectivity index (χ1n) is 5.63. The van der Waals surface area contributed by atoms with E-state index in [0.29, 0.717) is 13.0 Å². The summed E-state index contributed by atoms with van der Waals surface area (Å²) < 4.78 is 35.9. The molecule has 0 bridgehead atoms. The molecular weight excluding hydrogens is 321 g/mol. The predicted octanol–water partition coefficient (Wildman–Crippen LogP) is 2.50. The van der Waals surface area contributed by atoms with Crippen LogP contribution in [0.4, 0.5) is 4.39 Å². The van der Waals surface area contributed by atoms with E-state index in [9.17, 15) is 12.8 Å². The van der Waals surface area contributed by atoms with E-state index in [1.807, 2.05) is 6.92 Å². The van der Waals surface area contributed by atoms with Crippen molar-refractivity contribution in [3.05, 3.63) is 34.1 Å². The fraction of sp³-hybridized carbons (Fsp3) is 0.500. The second-order valence-corrected chi connectivity index (χ2v) is 7.55. The van der Waals surface area contributed by atoms with Gasteiger partial charge in [0.25, 0.3) is 0 Å². The van der Waals surface area contributed by atoms with Crippen molar-refractivity contribution in [2.24, 2.45) is 0 Å². The van der Waals surface area contributed by atoms with Crippen molar-refractivity contribution in [3.8, 4) is 0 Å². The van der Waals surface area contributed by atoms with Gasteiger partial charge in [0, 0.05) is 23.3 Å². The average Bonchev–Trinajstić information content (AvgIpc) is 2.26. The van der Waals surface area contributed by atoms with Gasteiger partial charge in [-0.25, -0.2) is 12.8 Å². The Bertz CT molecular complexity index is 505. The van der Waals surface area contributed by atoms with E-state index in [0.717, 1.165) is 10.0 Å². The molecule has 0 saturated carbocycles. The highest BCUT2D eigenvalue weighted by molar-refractivity contribution is 9.10. The van der Waals surface area contributed by atoms with Gasteiger partial charge in [-0.2, -0.15) is 0 Å². The zero-order chi connectivity index (χ0) is 13.8. The lowest BCUT2D eigenvalue weighted by atomic mass is 10.2. The Morgan fingerprint density at radius 2 is 2.11 bits per heavy atom. The Kier molecular flexibility index (Phi) is 5.75. The molecule has 18 heavy (non-hydrogen) atoms. The molecule has 0 spiro atoms. The van der Waals surface area contributed by atoms with E-state index in [1.54, 1.807) is 6.07 Å². The SMILES string of the molecule is C[C@@H](CCS(C)(=O)=O)NCc1cc(F)ccc1Br. The summed E-state index contributed by atoms with van der Waals surface area (Å²) in [6, 6.07) is 4.57. The van der Waals surface area contributed by atoms with Crippen LogP contribution < -0.4 is 5.32 Å². The van der Waals surface area contributed by atoms with Crippen molar-refractivity contribution < 1.29 is 12.8 Å². The molecule has 0 aliphatic carbocycles. The molecule has 6 heteroatoms. The van der Waals surface area contributed by atoms with E-state index in [1.165, 1.54) is 18.4 Å². The highest BCUT2D eigenvalue weighted by Gasteiger charge is 2.08. The number of nitrogens with one attached hydrogen (secondary N) is 1. The largest absolute Gasteiger partial charge is 0.310 e. The molecule has 0 aliphatic rings. The van der Waals surface area contributed by atoms with Crippen LogP contribution in [0.2, 0.25) is 0 Å². The van der Waals surface area contributed by atoms with Crippen LogP contribution in [0.5, 0.6) is 0 Å². The molecule has 1 rings (SSSR count). The lowest BCUT2D eigenvalue weighted by Crippen LogP contribution is -2.27. The molecule has 0 unspecified atom stereocenters. The first-order chi connectivity index (χ1) is 8.28. The Balaban J connectivity index is 2.47. The molecule has 0 amide bonds. The Labute approximate surface area is 116 Å². The molecule has 1 aromatic rings. The summed E-state index contributed by atoms with van der Waals surface area (Å²) in [5.74, 6) is -0.121. The van der Waals surface area contributed by atoms with Crippen molar-refractivity contribution in [1.29, 1.82) is 0 Å². The normalized spacial score (nSPS) is 13.6. The molecule has 102 valence electrons. The first-order valence-corrected chi connectivity index (χ1v) is 8.48. The quantitative estimate of drug-likeness (QED) is 0.867. The number of rotatable bonds is 6. The molecule has 0 aromatic heterocycles. The van der Waals surface area contributed by atoms with E-state index < -0.39 is 9.84 Å². The van der Waals surface area contributed by atoms with Gasteiger partial charge in [-0.05, 0) is 37.1 Å². The summed E-state index contributed by atoms with van der Waals surface area (Å²) in [6.07, 6.45) is 1.77. The second-order valence-electron chi connectivity index (χ2n) is 4.44. The highest BCUT2D eigenvalue weighted by atomic mass is 79.9. The van der Waals surface area contributed by atoms with Crippen molar-refractivity contribution in [2.45, 2.75) is 25.9 Å². The van der Waals surface area contributed by atoms with Crippen LogP contribution in [0.1, 0.15) is 18.9 Å². The topological polar surface area (TPSA) is 46.2 Å². The summed E-state index contributed by atoms with van der Waals surface area (Å²) in [4.78, 5) is 0. The van der Waals surface area contributed by atoms with Gasteiger partial charge in [-0.1, -0.05) is 15.9 Å². The third-order valence-corrected chi connectivity index (χ3v) is 4.32. The van der Waals surface area contributed by atoms with Gasteiger partial charge in [0.15, 0.2) is 0 Å². The summed E-state index contributed by atoms with van der Waals surface area (Å²) in [6.45, 7) is 2.42. The zero-order valence-electron chi connectivity index (χ0n) is 10.4. The molecule has 1 N–H and O–H groups in total. The third-order valence-electron chi connectivity index (χ3n) is 2.57. The second kappa shape index (κ2) is 6.63. The minimum Gasteiger partial charge on any atom is -0.310 e. The number of sulfone groups is 1. The summed E-state index contributed by atoms with van der Waals surface area (Å²) in [5, 5.41) is 3.18. The van der Waals surface area contributed by atoms with Gasteiger partial charge in [-0.3, -0.25) is 0 Å². The molecular formula is C12H17BrFNO2S. The molecule has 1 atom stereocenters. The fourth-order valence-electron chi connectivity index (χ4n) is 1.46. The first kappa shape index (κ1) is 15.6. The number of halogens is 2. The van der Waals surface area contributed by atoms with E-state index in [-0.39, 0.29) is 17.6 Å². The molecule has 0 radical (unpaired) electrons. The fourth-order valence-corrected chi connectivity index (χ4v) is 2.62. The zero-order valence-corrected chi connectivity index (χ0v) is 12.8. The van der Waals surface area contributed by atoms with Gasteiger partial charge in [0.1, 0.15) is 15.7 Å². The van der Waals surface area contributed by atoms with Crippen LogP contribution in [-0.4, -0.2) is 26.5 Å². The average molecular weight is 338 g/mol. The monoisotopic (exact) mass is 337 g/mol. The van der Waals surface area contributed by atoms with Crippen molar-refractivity contribution in [3.63, 3.8) is 0 Å². The van der Waals surface area contributed by atoms with Crippen LogP contribution in [0.3, 0.4) is 0 Å². The van der Waals surface area contributed by atoms with Crippen LogP contribution in [-0.2, 0) is 16.4 Å². The van der Waals surface area contributed by atoms with Gasteiger partial charge in [0.2, 0.25) is 0 Å². The van der Waals surface area contributed by atoms with E-state index in [4.69, 9.17) is 0 Å². The number of hydrogen-bond donors (Lipinski definition) is 1. The molecule has 1 aromatic carbocycles. The summed E-state index contributed by atoms with van der Waals surface area (Å²) >= 11 is 3.35. The van der Waals surface area contributed by atoms with Crippen molar-refractivity contribution >= 4 is 25.8 Å².